The van der Waals surface area contributed by atoms with Crippen molar-refractivity contribution in [1.29, 1.82) is 0 Å². The van der Waals surface area contributed by atoms with E-state index in [0.29, 0.717) is 0 Å². The fraction of sp³-hybridized carbons (Fsp3) is 0.533. The summed E-state index contributed by atoms with van der Waals surface area (Å²) in [5.41, 5.74) is 7.70. The second-order valence-corrected chi connectivity index (χ2v) is 5.36. The molecule has 1 amide bonds. The lowest BCUT2D eigenvalue weighted by Crippen LogP contribution is -2.40. The largest absolute Gasteiger partial charge is 0.399 e. The monoisotopic (exact) mass is 246 g/mol. The Hall–Kier alpha value is -1.51. The Morgan fingerprint density at radius 3 is 2.56 bits per heavy atom. The molecule has 1 aliphatic rings. The molecule has 2 N–H and O–H groups in total. The minimum Gasteiger partial charge on any atom is -0.399 e. The molecule has 3 nitrogen and oxygen atoms in total. The molecule has 1 saturated heterocycles. The van der Waals surface area contributed by atoms with Gasteiger partial charge in [0.2, 0.25) is 5.91 Å². The highest BCUT2D eigenvalue weighted by Gasteiger charge is 2.28. The Bertz CT molecular complexity index is 411. The van der Waals surface area contributed by atoms with Crippen molar-refractivity contribution in [3.63, 3.8) is 0 Å². The molecular formula is C15H22N2O. The highest BCUT2D eigenvalue weighted by molar-refractivity contribution is 5.78. The third-order valence-electron chi connectivity index (χ3n) is 3.60. The van der Waals surface area contributed by atoms with Crippen molar-refractivity contribution in [2.24, 2.45) is 5.92 Å². The molecule has 0 bridgehead atoms. The molecule has 0 aliphatic carbocycles. The van der Waals surface area contributed by atoms with E-state index < -0.39 is 0 Å². The standard InChI is InChI=1S/C15H22N2O/c1-11(2)15(18)17-10-4-3-5-14(17)12-6-8-13(16)9-7-12/h6-9,11,14H,3-5,10,16H2,1-2H3. The van der Waals surface area contributed by atoms with Gasteiger partial charge in [-0.3, -0.25) is 4.79 Å². The third kappa shape index (κ3) is 2.66. The highest BCUT2D eigenvalue weighted by atomic mass is 16.2. The summed E-state index contributed by atoms with van der Waals surface area (Å²) < 4.78 is 0. The van der Waals surface area contributed by atoms with Crippen LogP contribution >= 0.6 is 0 Å². The van der Waals surface area contributed by atoms with Crippen molar-refractivity contribution in [3.05, 3.63) is 29.8 Å². The molecule has 0 spiro atoms. The van der Waals surface area contributed by atoms with Crippen LogP contribution in [0.2, 0.25) is 0 Å². The van der Waals surface area contributed by atoms with Crippen LogP contribution in [0.1, 0.15) is 44.7 Å². The van der Waals surface area contributed by atoms with Crippen LogP contribution in [0.3, 0.4) is 0 Å². The average Bonchev–Trinajstić information content (AvgIpc) is 2.39. The number of anilines is 1. The second kappa shape index (κ2) is 5.42. The van der Waals surface area contributed by atoms with E-state index in [0.717, 1.165) is 25.1 Å². The van der Waals surface area contributed by atoms with E-state index in [9.17, 15) is 4.79 Å². The SMILES string of the molecule is CC(C)C(=O)N1CCCCC1c1ccc(N)cc1. The Morgan fingerprint density at radius 1 is 1.28 bits per heavy atom. The number of amides is 1. The maximum absolute atomic E-state index is 12.2. The first-order chi connectivity index (χ1) is 8.59. The zero-order valence-corrected chi connectivity index (χ0v) is 11.2. The summed E-state index contributed by atoms with van der Waals surface area (Å²) in [5, 5.41) is 0. The molecule has 18 heavy (non-hydrogen) atoms. The lowest BCUT2D eigenvalue weighted by molar-refractivity contribution is -0.138. The van der Waals surface area contributed by atoms with Gasteiger partial charge < -0.3 is 10.6 Å². The van der Waals surface area contributed by atoms with Gasteiger partial charge >= 0.3 is 0 Å². The minimum atomic E-state index is 0.0689. The van der Waals surface area contributed by atoms with Gasteiger partial charge in [0, 0.05) is 18.2 Å². The van der Waals surface area contributed by atoms with Gasteiger partial charge in [0.15, 0.2) is 0 Å². The van der Waals surface area contributed by atoms with E-state index in [2.05, 4.69) is 0 Å². The lowest BCUT2D eigenvalue weighted by Gasteiger charge is -2.37. The summed E-state index contributed by atoms with van der Waals surface area (Å²) in [4.78, 5) is 14.3. The number of carbonyl (C=O) groups excluding carboxylic acids is 1. The van der Waals surface area contributed by atoms with Gasteiger partial charge in [0.1, 0.15) is 0 Å². The third-order valence-corrected chi connectivity index (χ3v) is 3.60. The number of likely N-dealkylation sites (tertiary alicyclic amines) is 1. The van der Waals surface area contributed by atoms with Crippen molar-refractivity contribution in [2.45, 2.75) is 39.2 Å². The fourth-order valence-corrected chi connectivity index (χ4v) is 2.59. The molecule has 1 aromatic rings. The molecule has 1 heterocycles. The molecule has 1 aromatic carbocycles. The van der Waals surface area contributed by atoms with Gasteiger partial charge in [-0.05, 0) is 37.0 Å². The molecule has 0 saturated carbocycles. The maximum Gasteiger partial charge on any atom is 0.225 e. The first-order valence-corrected chi connectivity index (χ1v) is 6.75. The van der Waals surface area contributed by atoms with Crippen molar-refractivity contribution in [2.75, 3.05) is 12.3 Å². The Balaban J connectivity index is 2.22. The fourth-order valence-electron chi connectivity index (χ4n) is 2.59. The van der Waals surface area contributed by atoms with Gasteiger partial charge in [0.25, 0.3) is 0 Å². The molecule has 98 valence electrons. The summed E-state index contributed by atoms with van der Waals surface area (Å²) >= 11 is 0. The van der Waals surface area contributed by atoms with Crippen LogP contribution in [-0.2, 0) is 4.79 Å². The number of piperidine rings is 1. The van der Waals surface area contributed by atoms with Crippen LogP contribution < -0.4 is 5.73 Å². The average molecular weight is 246 g/mol. The molecule has 3 heteroatoms. The maximum atomic E-state index is 12.2. The number of hydrogen-bond donors (Lipinski definition) is 1. The van der Waals surface area contributed by atoms with Crippen molar-refractivity contribution in [1.82, 2.24) is 4.90 Å². The number of benzene rings is 1. The topological polar surface area (TPSA) is 46.3 Å². The molecule has 1 aliphatic heterocycles. The second-order valence-electron chi connectivity index (χ2n) is 5.36. The van der Waals surface area contributed by atoms with Gasteiger partial charge in [-0.1, -0.05) is 26.0 Å². The number of nitrogens with zero attached hydrogens (tertiary/aromatic N) is 1. The van der Waals surface area contributed by atoms with Crippen LogP contribution in [0.5, 0.6) is 0 Å². The van der Waals surface area contributed by atoms with E-state index in [1.807, 2.05) is 43.0 Å². The Kier molecular flexibility index (Phi) is 3.90. The van der Waals surface area contributed by atoms with E-state index in [-0.39, 0.29) is 17.9 Å². The van der Waals surface area contributed by atoms with Crippen LogP contribution in [0, 0.1) is 5.92 Å². The van der Waals surface area contributed by atoms with Crippen molar-refractivity contribution >= 4 is 11.6 Å². The minimum absolute atomic E-state index is 0.0689. The molecule has 0 aromatic heterocycles. The summed E-state index contributed by atoms with van der Waals surface area (Å²) in [6.07, 6.45) is 3.36. The predicted molar refractivity (Wildman–Crippen MR) is 74.0 cm³/mol. The van der Waals surface area contributed by atoms with E-state index >= 15 is 0 Å². The lowest BCUT2D eigenvalue weighted by atomic mass is 9.94. The van der Waals surface area contributed by atoms with Gasteiger partial charge in [0.05, 0.1) is 6.04 Å². The first-order valence-electron chi connectivity index (χ1n) is 6.75. The molecule has 0 radical (unpaired) electrons. The van der Waals surface area contributed by atoms with E-state index in [1.54, 1.807) is 0 Å². The first kappa shape index (κ1) is 12.9. The van der Waals surface area contributed by atoms with Crippen LogP contribution in [0.15, 0.2) is 24.3 Å². The van der Waals surface area contributed by atoms with Crippen LogP contribution in [0.25, 0.3) is 0 Å². The number of hydrogen-bond acceptors (Lipinski definition) is 2. The quantitative estimate of drug-likeness (QED) is 0.815. The summed E-state index contributed by atoms with van der Waals surface area (Å²) in [5.74, 6) is 0.330. The molecule has 1 unspecified atom stereocenters. The van der Waals surface area contributed by atoms with Crippen LogP contribution in [-0.4, -0.2) is 17.4 Å². The number of nitrogen functional groups attached to an aromatic ring is 1. The normalized spacial score (nSPS) is 20.2. The van der Waals surface area contributed by atoms with E-state index in [4.69, 9.17) is 5.73 Å². The zero-order chi connectivity index (χ0) is 13.1. The van der Waals surface area contributed by atoms with Gasteiger partial charge in [-0.15, -0.1) is 0 Å². The molecule has 1 atom stereocenters. The zero-order valence-electron chi connectivity index (χ0n) is 11.2. The number of nitrogens with two attached hydrogens (primary N) is 1. The number of carbonyl (C=O) groups is 1. The smallest absolute Gasteiger partial charge is 0.225 e. The molecule has 2 rings (SSSR count). The Morgan fingerprint density at radius 2 is 1.94 bits per heavy atom. The van der Waals surface area contributed by atoms with E-state index in [1.165, 1.54) is 12.0 Å². The molecule has 1 fully saturated rings. The van der Waals surface area contributed by atoms with Crippen molar-refractivity contribution in [3.8, 4) is 0 Å². The van der Waals surface area contributed by atoms with Crippen molar-refractivity contribution < 1.29 is 4.79 Å². The predicted octanol–water partition coefficient (Wildman–Crippen LogP) is 2.98. The summed E-state index contributed by atoms with van der Waals surface area (Å²) in [6, 6.07) is 8.16. The summed E-state index contributed by atoms with van der Waals surface area (Å²) in [7, 11) is 0. The number of rotatable bonds is 2. The van der Waals surface area contributed by atoms with Gasteiger partial charge in [-0.2, -0.15) is 0 Å². The Labute approximate surface area is 109 Å². The molecular weight excluding hydrogens is 224 g/mol. The summed E-state index contributed by atoms with van der Waals surface area (Å²) in [6.45, 7) is 4.82. The van der Waals surface area contributed by atoms with Gasteiger partial charge in [-0.25, -0.2) is 0 Å². The van der Waals surface area contributed by atoms with Crippen LogP contribution in [0.4, 0.5) is 5.69 Å². The highest BCUT2D eigenvalue weighted by Crippen LogP contribution is 2.32.